The van der Waals surface area contributed by atoms with Crippen molar-refractivity contribution in [2.24, 2.45) is 0 Å². The predicted molar refractivity (Wildman–Crippen MR) is 75.9 cm³/mol. The topological polar surface area (TPSA) is 37.8 Å². The number of aryl methyl sites for hydroxylation is 1. The van der Waals surface area contributed by atoms with Gasteiger partial charge in [-0.25, -0.2) is 9.97 Å². The van der Waals surface area contributed by atoms with Gasteiger partial charge in [0.2, 0.25) is 5.95 Å². The molecule has 0 amide bonds. The quantitative estimate of drug-likeness (QED) is 0.777. The van der Waals surface area contributed by atoms with Crippen molar-refractivity contribution in [2.75, 3.05) is 5.32 Å². The lowest BCUT2D eigenvalue weighted by Gasteiger charge is -2.03. The number of para-hydroxylation sites is 1. The molecule has 4 heteroatoms. The van der Waals surface area contributed by atoms with Crippen LogP contribution in [-0.2, 0) is 6.54 Å². The van der Waals surface area contributed by atoms with Gasteiger partial charge in [0.05, 0.1) is 12.1 Å². The average Bonchev–Trinajstić information content (AvgIpc) is 2.82. The number of nitrogens with zero attached hydrogens (tertiary/aromatic N) is 2. The van der Waals surface area contributed by atoms with E-state index in [1.807, 2.05) is 30.5 Å². The van der Waals surface area contributed by atoms with Gasteiger partial charge in [-0.15, -0.1) is 11.3 Å². The number of nitrogens with one attached hydrogen (secondary N) is 1. The third-order valence-electron chi connectivity index (χ3n) is 2.71. The predicted octanol–water partition coefficient (Wildman–Crippen LogP) is 3.61. The Hall–Kier alpha value is -1.94. The smallest absolute Gasteiger partial charge is 0.223 e. The van der Waals surface area contributed by atoms with Gasteiger partial charge < -0.3 is 5.32 Å². The fourth-order valence-corrected chi connectivity index (χ4v) is 2.63. The summed E-state index contributed by atoms with van der Waals surface area (Å²) in [7, 11) is 0. The molecule has 0 radical (unpaired) electrons. The van der Waals surface area contributed by atoms with Gasteiger partial charge in [0.1, 0.15) is 0 Å². The minimum atomic E-state index is 0.680. The Labute approximate surface area is 110 Å². The second-order valence-corrected chi connectivity index (χ2v) is 5.49. The normalized spacial score (nSPS) is 10.7. The average molecular weight is 255 g/mol. The largest absolute Gasteiger partial charge is 0.349 e. The van der Waals surface area contributed by atoms with Gasteiger partial charge >= 0.3 is 0 Å². The lowest BCUT2D eigenvalue weighted by Crippen LogP contribution is -2.01. The fraction of sp³-hybridized carbons (Fsp3) is 0.143. The molecule has 2 aromatic heterocycles. The number of aromatic nitrogens is 2. The molecular formula is C14H13N3S. The van der Waals surface area contributed by atoms with Crippen molar-refractivity contribution in [3.8, 4) is 0 Å². The number of benzene rings is 1. The maximum atomic E-state index is 4.48. The summed E-state index contributed by atoms with van der Waals surface area (Å²) >= 11 is 1.79. The number of hydrogen-bond donors (Lipinski definition) is 1. The lowest BCUT2D eigenvalue weighted by atomic mass is 10.2. The molecular weight excluding hydrogens is 242 g/mol. The van der Waals surface area contributed by atoms with Crippen LogP contribution in [-0.4, -0.2) is 9.97 Å². The number of fused-ring (bicyclic) bond motifs is 1. The molecule has 0 unspecified atom stereocenters. The molecule has 0 aliphatic rings. The number of anilines is 1. The summed E-state index contributed by atoms with van der Waals surface area (Å²) < 4.78 is 0. The molecule has 18 heavy (non-hydrogen) atoms. The summed E-state index contributed by atoms with van der Waals surface area (Å²) in [6.45, 7) is 2.89. The monoisotopic (exact) mass is 255 g/mol. The first kappa shape index (κ1) is 11.2. The molecule has 0 aliphatic heterocycles. The third-order valence-corrected chi connectivity index (χ3v) is 3.71. The van der Waals surface area contributed by atoms with Crippen LogP contribution < -0.4 is 5.32 Å². The Kier molecular flexibility index (Phi) is 2.94. The first-order valence-electron chi connectivity index (χ1n) is 5.82. The van der Waals surface area contributed by atoms with Crippen molar-refractivity contribution < 1.29 is 0 Å². The number of thiophene rings is 1. The van der Waals surface area contributed by atoms with Gasteiger partial charge in [0, 0.05) is 21.3 Å². The minimum Gasteiger partial charge on any atom is -0.349 e. The molecule has 0 saturated heterocycles. The van der Waals surface area contributed by atoms with E-state index in [1.165, 1.54) is 9.75 Å². The molecule has 0 saturated carbocycles. The zero-order valence-electron chi connectivity index (χ0n) is 10.1. The fourth-order valence-electron chi connectivity index (χ4n) is 1.80. The van der Waals surface area contributed by atoms with Crippen molar-refractivity contribution in [1.82, 2.24) is 9.97 Å². The summed E-state index contributed by atoms with van der Waals surface area (Å²) in [4.78, 5) is 11.4. The standard InChI is InChI=1S/C14H13N3S/c1-10-6-7-12(18-10)9-16-14-15-8-11-4-2-3-5-13(11)17-14/h2-8H,9H2,1H3,(H,15,16,17). The van der Waals surface area contributed by atoms with Gasteiger partial charge in [-0.1, -0.05) is 18.2 Å². The molecule has 1 aromatic carbocycles. The van der Waals surface area contributed by atoms with Crippen LogP contribution in [0.2, 0.25) is 0 Å². The Morgan fingerprint density at radius 2 is 2.06 bits per heavy atom. The van der Waals surface area contributed by atoms with Gasteiger partial charge in [-0.05, 0) is 25.1 Å². The molecule has 0 bridgehead atoms. The second-order valence-electron chi connectivity index (χ2n) is 4.12. The van der Waals surface area contributed by atoms with E-state index in [9.17, 15) is 0 Å². The highest BCUT2D eigenvalue weighted by molar-refractivity contribution is 7.11. The van der Waals surface area contributed by atoms with Gasteiger partial charge in [0.25, 0.3) is 0 Å². The molecule has 1 N–H and O–H groups in total. The Bertz CT molecular complexity index is 675. The SMILES string of the molecule is Cc1ccc(CNc2ncc3ccccc3n2)s1. The highest BCUT2D eigenvalue weighted by Crippen LogP contribution is 2.17. The van der Waals surface area contributed by atoms with Crippen LogP contribution in [0.25, 0.3) is 10.9 Å². The molecule has 3 nitrogen and oxygen atoms in total. The lowest BCUT2D eigenvalue weighted by molar-refractivity contribution is 1.09. The van der Waals surface area contributed by atoms with Gasteiger partial charge in [0.15, 0.2) is 0 Å². The van der Waals surface area contributed by atoms with E-state index in [2.05, 4.69) is 34.3 Å². The Balaban J connectivity index is 1.78. The van der Waals surface area contributed by atoms with Crippen molar-refractivity contribution in [3.63, 3.8) is 0 Å². The van der Waals surface area contributed by atoms with E-state index in [0.29, 0.717) is 5.95 Å². The van der Waals surface area contributed by atoms with Crippen LogP contribution in [0.4, 0.5) is 5.95 Å². The number of rotatable bonds is 3. The summed E-state index contributed by atoms with van der Waals surface area (Å²) in [6, 6.07) is 12.3. The first-order chi connectivity index (χ1) is 8.81. The molecule has 0 atom stereocenters. The van der Waals surface area contributed by atoms with Crippen LogP contribution in [0.3, 0.4) is 0 Å². The molecule has 3 rings (SSSR count). The van der Waals surface area contributed by atoms with Gasteiger partial charge in [-0.3, -0.25) is 0 Å². The van der Waals surface area contributed by atoms with Crippen molar-refractivity contribution in [2.45, 2.75) is 13.5 Å². The highest BCUT2D eigenvalue weighted by Gasteiger charge is 2.00. The van der Waals surface area contributed by atoms with E-state index in [0.717, 1.165) is 17.4 Å². The number of hydrogen-bond acceptors (Lipinski definition) is 4. The van der Waals surface area contributed by atoms with E-state index in [1.54, 1.807) is 11.3 Å². The molecule has 0 aliphatic carbocycles. The van der Waals surface area contributed by atoms with Crippen LogP contribution >= 0.6 is 11.3 Å². The van der Waals surface area contributed by atoms with E-state index in [-0.39, 0.29) is 0 Å². The van der Waals surface area contributed by atoms with Crippen molar-refractivity contribution in [3.05, 3.63) is 52.3 Å². The Morgan fingerprint density at radius 3 is 2.89 bits per heavy atom. The molecule has 0 fully saturated rings. The van der Waals surface area contributed by atoms with Crippen molar-refractivity contribution in [1.29, 1.82) is 0 Å². The van der Waals surface area contributed by atoms with E-state index in [4.69, 9.17) is 0 Å². The minimum absolute atomic E-state index is 0.680. The zero-order valence-corrected chi connectivity index (χ0v) is 10.9. The molecule has 0 spiro atoms. The van der Waals surface area contributed by atoms with E-state index >= 15 is 0 Å². The summed E-state index contributed by atoms with van der Waals surface area (Å²) in [6.07, 6.45) is 1.85. The highest BCUT2D eigenvalue weighted by atomic mass is 32.1. The van der Waals surface area contributed by atoms with Crippen LogP contribution in [0.5, 0.6) is 0 Å². The van der Waals surface area contributed by atoms with E-state index < -0.39 is 0 Å². The maximum absolute atomic E-state index is 4.48. The summed E-state index contributed by atoms with van der Waals surface area (Å²) in [5.74, 6) is 0.680. The van der Waals surface area contributed by atoms with Crippen LogP contribution in [0.1, 0.15) is 9.75 Å². The molecule has 3 aromatic rings. The zero-order chi connectivity index (χ0) is 12.4. The van der Waals surface area contributed by atoms with Crippen LogP contribution in [0, 0.1) is 6.92 Å². The van der Waals surface area contributed by atoms with Crippen molar-refractivity contribution >= 4 is 28.2 Å². The molecule has 90 valence electrons. The van der Waals surface area contributed by atoms with Crippen LogP contribution in [0.15, 0.2) is 42.6 Å². The Morgan fingerprint density at radius 1 is 1.17 bits per heavy atom. The maximum Gasteiger partial charge on any atom is 0.223 e. The molecule has 2 heterocycles. The first-order valence-corrected chi connectivity index (χ1v) is 6.64. The second kappa shape index (κ2) is 4.74. The summed E-state index contributed by atoms with van der Waals surface area (Å²) in [5, 5.41) is 4.32. The third kappa shape index (κ3) is 2.33. The van der Waals surface area contributed by atoms with Gasteiger partial charge in [-0.2, -0.15) is 0 Å². The summed E-state index contributed by atoms with van der Waals surface area (Å²) in [5.41, 5.74) is 0.970.